The van der Waals surface area contributed by atoms with Gasteiger partial charge in [-0.1, -0.05) is 29.5 Å². The van der Waals surface area contributed by atoms with E-state index in [1.165, 1.54) is 7.11 Å². The van der Waals surface area contributed by atoms with Crippen molar-refractivity contribution in [3.8, 4) is 0 Å². The van der Waals surface area contributed by atoms with E-state index in [2.05, 4.69) is 22.6 Å². The van der Waals surface area contributed by atoms with Crippen LogP contribution in [0.3, 0.4) is 0 Å². The van der Waals surface area contributed by atoms with Gasteiger partial charge in [0.25, 0.3) is 0 Å². The fourth-order valence-corrected chi connectivity index (χ4v) is 1.38. The van der Waals surface area contributed by atoms with Gasteiger partial charge in [0.15, 0.2) is 6.29 Å². The van der Waals surface area contributed by atoms with Crippen molar-refractivity contribution in [2.75, 3.05) is 12.0 Å². The van der Waals surface area contributed by atoms with Crippen LogP contribution in [0.1, 0.15) is 6.92 Å². The normalized spacial score (nSPS) is 40.3. The van der Waals surface area contributed by atoms with Gasteiger partial charge < -0.3 is 24.5 Å². The highest BCUT2D eigenvalue weighted by atomic mass is 127. The van der Waals surface area contributed by atoms with Gasteiger partial charge in [0.05, 0.1) is 6.10 Å². The van der Waals surface area contributed by atoms with Gasteiger partial charge in [-0.3, -0.25) is 0 Å². The molecule has 0 radical (unpaired) electrons. The summed E-state index contributed by atoms with van der Waals surface area (Å²) in [5.41, 5.74) is 0. The molecule has 0 bridgehead atoms. The summed E-state index contributed by atoms with van der Waals surface area (Å²) in [5.74, 6) is -0.418. The molecule has 0 aromatic heterocycles. The van der Waals surface area contributed by atoms with Gasteiger partial charge in [-0.25, -0.2) is 0 Å². The van der Waals surface area contributed by atoms with Crippen molar-refractivity contribution in [3.63, 3.8) is 0 Å². The van der Waals surface area contributed by atoms with E-state index in [1.807, 2.05) is 4.93 Å². The predicted molar refractivity (Wildman–Crippen MR) is 62.9 cm³/mol. The molecule has 0 spiro atoms. The number of aldehydes is 1. The van der Waals surface area contributed by atoms with Crippen LogP contribution >= 0.6 is 22.6 Å². The average molecular weight is 332 g/mol. The number of aliphatic hydroxyl groups excluding tert-OH is 2. The lowest BCUT2D eigenvalue weighted by Crippen LogP contribution is -2.54. The Morgan fingerprint density at radius 1 is 1.33 bits per heavy atom. The number of rotatable bonds is 2. The number of halogens is 1. The molecule has 0 aromatic carbocycles. The summed E-state index contributed by atoms with van der Waals surface area (Å²) < 4.78 is 9.84. The number of hydrogen-bond donors (Lipinski definition) is 2. The van der Waals surface area contributed by atoms with Crippen LogP contribution in [0.2, 0.25) is 0 Å². The SMILES string of the molecule is CI.COC1OC(C=O)C(C)C(O)C1O. The molecule has 15 heavy (non-hydrogen) atoms. The van der Waals surface area contributed by atoms with Gasteiger partial charge >= 0.3 is 0 Å². The molecule has 5 unspecified atom stereocenters. The highest BCUT2D eigenvalue weighted by Gasteiger charge is 2.42. The number of carbonyl (C=O) groups excluding carboxylic acids is 1. The molecule has 1 saturated heterocycles. The lowest BCUT2D eigenvalue weighted by Gasteiger charge is -2.38. The van der Waals surface area contributed by atoms with Gasteiger partial charge in [-0.15, -0.1) is 0 Å². The third-order valence-electron chi connectivity index (χ3n) is 2.34. The Balaban J connectivity index is 0.000000921. The molecule has 6 heteroatoms. The van der Waals surface area contributed by atoms with Gasteiger partial charge in [-0.05, 0) is 4.93 Å². The Kier molecular flexibility index (Phi) is 7.62. The summed E-state index contributed by atoms with van der Waals surface area (Å²) in [6.45, 7) is 1.64. The highest BCUT2D eigenvalue weighted by molar-refractivity contribution is 14.1. The molecular weight excluding hydrogens is 315 g/mol. The van der Waals surface area contributed by atoms with E-state index in [0.717, 1.165) is 0 Å². The van der Waals surface area contributed by atoms with Crippen LogP contribution in [0.15, 0.2) is 0 Å². The van der Waals surface area contributed by atoms with Crippen molar-refractivity contribution >= 4 is 28.9 Å². The number of hydrogen-bond acceptors (Lipinski definition) is 5. The molecule has 1 fully saturated rings. The maximum absolute atomic E-state index is 10.5. The zero-order chi connectivity index (χ0) is 12.0. The summed E-state index contributed by atoms with van der Waals surface area (Å²) in [6, 6.07) is 0. The average Bonchev–Trinajstić information content (AvgIpc) is 2.29. The minimum absolute atomic E-state index is 0.418. The maximum Gasteiger partial charge on any atom is 0.186 e. The second-order valence-electron chi connectivity index (χ2n) is 3.18. The molecule has 0 aromatic rings. The molecule has 1 rings (SSSR count). The number of ether oxygens (including phenoxy) is 2. The molecule has 0 amide bonds. The Morgan fingerprint density at radius 3 is 2.27 bits per heavy atom. The number of aliphatic hydroxyl groups is 2. The second kappa shape index (κ2) is 7.50. The largest absolute Gasteiger partial charge is 0.390 e. The third kappa shape index (κ3) is 3.63. The van der Waals surface area contributed by atoms with E-state index in [4.69, 9.17) is 9.47 Å². The molecular formula is C9H17IO5. The van der Waals surface area contributed by atoms with Crippen molar-refractivity contribution in [1.82, 2.24) is 0 Å². The van der Waals surface area contributed by atoms with Gasteiger partial charge in [-0.2, -0.15) is 0 Å². The zero-order valence-corrected chi connectivity index (χ0v) is 11.1. The smallest absolute Gasteiger partial charge is 0.186 e. The minimum atomic E-state index is -1.10. The van der Waals surface area contributed by atoms with Crippen LogP contribution in [0.4, 0.5) is 0 Å². The van der Waals surface area contributed by atoms with Crippen molar-refractivity contribution in [3.05, 3.63) is 0 Å². The molecule has 1 aliphatic heterocycles. The van der Waals surface area contributed by atoms with Crippen LogP contribution < -0.4 is 0 Å². The molecule has 1 heterocycles. The Bertz CT molecular complexity index is 187. The van der Waals surface area contributed by atoms with Gasteiger partial charge in [0.2, 0.25) is 0 Å². The van der Waals surface area contributed by atoms with Crippen LogP contribution in [0.5, 0.6) is 0 Å². The van der Waals surface area contributed by atoms with Crippen molar-refractivity contribution < 1.29 is 24.5 Å². The van der Waals surface area contributed by atoms with Crippen LogP contribution in [0, 0.1) is 5.92 Å². The number of carbonyl (C=O) groups is 1. The molecule has 1 aliphatic rings. The summed E-state index contributed by atoms with van der Waals surface area (Å²) in [4.78, 5) is 12.5. The van der Waals surface area contributed by atoms with E-state index < -0.39 is 30.5 Å². The minimum Gasteiger partial charge on any atom is -0.390 e. The quantitative estimate of drug-likeness (QED) is 0.422. The van der Waals surface area contributed by atoms with Crippen molar-refractivity contribution in [1.29, 1.82) is 0 Å². The molecule has 0 aliphatic carbocycles. The molecule has 2 N–H and O–H groups in total. The Labute approximate surface area is 103 Å². The molecule has 5 atom stereocenters. The maximum atomic E-state index is 10.5. The Morgan fingerprint density at radius 2 is 1.87 bits per heavy atom. The topological polar surface area (TPSA) is 76.0 Å². The van der Waals surface area contributed by atoms with Crippen LogP contribution in [-0.4, -0.2) is 53.1 Å². The van der Waals surface area contributed by atoms with E-state index in [-0.39, 0.29) is 0 Å². The first-order valence-electron chi connectivity index (χ1n) is 4.49. The standard InChI is InChI=1S/C8H14O5.CH3I/c1-4-5(3-9)13-8(12-2)7(11)6(4)10;1-2/h3-8,10-11H,1-2H3;1H3. The van der Waals surface area contributed by atoms with E-state index >= 15 is 0 Å². The summed E-state index contributed by atoms with van der Waals surface area (Å²) in [7, 11) is 1.35. The summed E-state index contributed by atoms with van der Waals surface area (Å²) in [5, 5.41) is 18.9. The van der Waals surface area contributed by atoms with E-state index in [9.17, 15) is 15.0 Å². The Hall–Kier alpha value is 0.240. The molecule has 0 saturated carbocycles. The first-order valence-corrected chi connectivity index (χ1v) is 6.65. The molecule has 90 valence electrons. The van der Waals surface area contributed by atoms with Crippen LogP contribution in [0.25, 0.3) is 0 Å². The second-order valence-corrected chi connectivity index (χ2v) is 3.18. The first-order chi connectivity index (χ1) is 7.11. The fraction of sp³-hybridized carbons (Fsp3) is 0.889. The van der Waals surface area contributed by atoms with E-state index in [0.29, 0.717) is 6.29 Å². The van der Waals surface area contributed by atoms with Gasteiger partial charge in [0, 0.05) is 13.0 Å². The number of alkyl halides is 1. The monoisotopic (exact) mass is 332 g/mol. The summed E-state index contributed by atoms with van der Waals surface area (Å²) >= 11 is 2.15. The van der Waals surface area contributed by atoms with Crippen molar-refractivity contribution in [2.45, 2.75) is 31.5 Å². The predicted octanol–water partition coefficient (Wildman–Crippen LogP) is -0.0343. The summed E-state index contributed by atoms with van der Waals surface area (Å²) in [6.07, 6.45) is -3.14. The first kappa shape index (κ1) is 15.2. The number of methoxy groups -OCH3 is 1. The lowest BCUT2D eigenvalue weighted by molar-refractivity contribution is -0.267. The zero-order valence-electron chi connectivity index (χ0n) is 8.96. The van der Waals surface area contributed by atoms with Crippen LogP contribution in [-0.2, 0) is 14.3 Å². The molecule has 5 nitrogen and oxygen atoms in total. The fourth-order valence-electron chi connectivity index (χ4n) is 1.38. The highest BCUT2D eigenvalue weighted by Crippen LogP contribution is 2.24. The third-order valence-corrected chi connectivity index (χ3v) is 2.34. The lowest BCUT2D eigenvalue weighted by atomic mass is 9.91. The van der Waals surface area contributed by atoms with E-state index in [1.54, 1.807) is 6.92 Å². The van der Waals surface area contributed by atoms with Crippen molar-refractivity contribution in [2.24, 2.45) is 5.92 Å². The van der Waals surface area contributed by atoms with Gasteiger partial charge in [0.1, 0.15) is 18.5 Å².